The van der Waals surface area contributed by atoms with Crippen LogP contribution in [0.5, 0.6) is 0 Å². The Morgan fingerprint density at radius 3 is 2.63 bits per heavy atom. The zero-order valence-corrected chi connectivity index (χ0v) is 16.1. The predicted molar refractivity (Wildman–Crippen MR) is 102 cm³/mol. The second-order valence-corrected chi connectivity index (χ2v) is 6.83. The molecule has 8 nitrogen and oxygen atoms in total. The molecule has 1 saturated heterocycles. The summed E-state index contributed by atoms with van der Waals surface area (Å²) in [6.07, 6.45) is -1.39. The summed E-state index contributed by atoms with van der Waals surface area (Å²) in [5.41, 5.74) is -0.787. The molecule has 1 aliphatic rings. The lowest BCUT2D eigenvalue weighted by Crippen LogP contribution is -2.45. The summed E-state index contributed by atoms with van der Waals surface area (Å²) in [5, 5.41) is 4.80. The number of alkyl halides is 3. The molecule has 1 aliphatic heterocycles. The third kappa shape index (κ3) is 6.21. The smallest absolute Gasteiger partial charge is 0.417 e. The van der Waals surface area contributed by atoms with Gasteiger partial charge in [0.1, 0.15) is 11.6 Å². The third-order valence-electron chi connectivity index (χ3n) is 4.61. The molecule has 2 aromatic rings. The van der Waals surface area contributed by atoms with Crippen molar-refractivity contribution in [3.63, 3.8) is 0 Å². The van der Waals surface area contributed by atoms with E-state index in [1.54, 1.807) is 12.1 Å². The van der Waals surface area contributed by atoms with Crippen LogP contribution in [0.15, 0.2) is 41.1 Å². The number of amides is 3. The van der Waals surface area contributed by atoms with E-state index in [1.807, 2.05) is 9.80 Å². The van der Waals surface area contributed by atoms with Gasteiger partial charge in [-0.15, -0.1) is 0 Å². The molecule has 3 rings (SSSR count). The zero-order valence-electron chi connectivity index (χ0n) is 16.1. The van der Waals surface area contributed by atoms with Gasteiger partial charge >= 0.3 is 12.2 Å². The minimum atomic E-state index is -4.42. The van der Waals surface area contributed by atoms with Crippen molar-refractivity contribution >= 4 is 17.8 Å². The molecule has 0 atom stereocenters. The Morgan fingerprint density at radius 2 is 1.97 bits per heavy atom. The van der Waals surface area contributed by atoms with Gasteiger partial charge in [0.05, 0.1) is 24.9 Å². The number of halogens is 3. The van der Waals surface area contributed by atoms with Crippen molar-refractivity contribution in [3.05, 3.63) is 48.0 Å². The van der Waals surface area contributed by atoms with Crippen LogP contribution in [0.25, 0.3) is 0 Å². The lowest BCUT2D eigenvalue weighted by Gasteiger charge is -2.22. The molecule has 3 heterocycles. The number of nitrogens with zero attached hydrogens (tertiary/aromatic N) is 3. The van der Waals surface area contributed by atoms with E-state index in [1.165, 1.54) is 12.3 Å². The second kappa shape index (κ2) is 9.61. The molecule has 2 aromatic heterocycles. The topological polar surface area (TPSA) is 90.7 Å². The van der Waals surface area contributed by atoms with Gasteiger partial charge in [-0.05, 0) is 30.7 Å². The number of anilines is 1. The van der Waals surface area contributed by atoms with Gasteiger partial charge in [-0.1, -0.05) is 0 Å². The Morgan fingerprint density at radius 1 is 1.13 bits per heavy atom. The fourth-order valence-corrected chi connectivity index (χ4v) is 3.09. The number of hydrogen-bond acceptors (Lipinski definition) is 6. The summed E-state index contributed by atoms with van der Waals surface area (Å²) < 4.78 is 43.1. The fourth-order valence-electron chi connectivity index (χ4n) is 3.09. The number of imide groups is 1. The normalized spacial score (nSPS) is 15.5. The average Bonchev–Trinajstić information content (AvgIpc) is 3.11. The van der Waals surface area contributed by atoms with Crippen molar-refractivity contribution in [2.45, 2.75) is 19.1 Å². The van der Waals surface area contributed by atoms with Crippen LogP contribution in [0.1, 0.15) is 17.7 Å². The first-order valence-electron chi connectivity index (χ1n) is 9.42. The van der Waals surface area contributed by atoms with E-state index in [4.69, 9.17) is 4.42 Å². The predicted octanol–water partition coefficient (Wildman–Crippen LogP) is 2.23. The van der Waals surface area contributed by atoms with Crippen LogP contribution >= 0.6 is 0 Å². The molecule has 2 N–H and O–H groups in total. The summed E-state index contributed by atoms with van der Waals surface area (Å²) in [6, 6.07) is 5.16. The maximum Gasteiger partial charge on any atom is 0.417 e. The van der Waals surface area contributed by atoms with E-state index in [0.717, 1.165) is 12.3 Å². The van der Waals surface area contributed by atoms with E-state index in [2.05, 4.69) is 15.6 Å². The second-order valence-electron chi connectivity index (χ2n) is 6.83. The number of urea groups is 1. The summed E-state index contributed by atoms with van der Waals surface area (Å²) in [4.78, 5) is 31.6. The molecule has 0 bridgehead atoms. The molecule has 162 valence electrons. The lowest BCUT2D eigenvalue weighted by atomic mass is 10.2. The Balaban J connectivity index is 1.44. The number of aromatic nitrogens is 1. The van der Waals surface area contributed by atoms with Gasteiger partial charge in [-0.25, -0.2) is 9.78 Å². The highest BCUT2D eigenvalue weighted by Crippen LogP contribution is 2.29. The van der Waals surface area contributed by atoms with Crippen molar-refractivity contribution in [1.29, 1.82) is 0 Å². The highest BCUT2D eigenvalue weighted by Gasteiger charge is 2.31. The average molecular weight is 425 g/mol. The molecule has 0 spiro atoms. The van der Waals surface area contributed by atoms with E-state index < -0.39 is 23.7 Å². The Hall–Kier alpha value is -3.08. The molecule has 30 heavy (non-hydrogen) atoms. The Bertz CT molecular complexity index is 840. The Kier molecular flexibility index (Phi) is 6.93. The summed E-state index contributed by atoms with van der Waals surface area (Å²) >= 11 is 0. The van der Waals surface area contributed by atoms with Gasteiger partial charge in [-0.3, -0.25) is 15.0 Å². The maximum absolute atomic E-state index is 12.7. The van der Waals surface area contributed by atoms with Crippen molar-refractivity contribution in [3.8, 4) is 0 Å². The van der Waals surface area contributed by atoms with Crippen molar-refractivity contribution in [2.24, 2.45) is 0 Å². The van der Waals surface area contributed by atoms with Crippen molar-refractivity contribution in [1.82, 2.24) is 20.5 Å². The van der Waals surface area contributed by atoms with Crippen LogP contribution in [0.4, 0.5) is 23.8 Å². The van der Waals surface area contributed by atoms with Crippen molar-refractivity contribution < 1.29 is 27.2 Å². The van der Waals surface area contributed by atoms with Gasteiger partial charge in [0.25, 0.3) is 0 Å². The number of furan rings is 1. The first kappa shape index (κ1) is 21.6. The van der Waals surface area contributed by atoms with E-state index in [0.29, 0.717) is 44.2 Å². The number of carbonyl (C=O) groups is 2. The summed E-state index contributed by atoms with van der Waals surface area (Å²) in [7, 11) is 0. The van der Waals surface area contributed by atoms with Crippen LogP contribution < -0.4 is 15.5 Å². The molecule has 0 radical (unpaired) electrons. The molecule has 0 aromatic carbocycles. The highest BCUT2D eigenvalue weighted by molar-refractivity contribution is 5.95. The zero-order chi connectivity index (χ0) is 21.6. The summed E-state index contributed by atoms with van der Waals surface area (Å²) in [6.45, 7) is 2.48. The molecule has 0 saturated carbocycles. The van der Waals surface area contributed by atoms with Gasteiger partial charge in [-0.2, -0.15) is 13.2 Å². The molecule has 0 unspecified atom stereocenters. The summed E-state index contributed by atoms with van der Waals surface area (Å²) in [5.74, 6) is 0.599. The molecule has 11 heteroatoms. The quantitative estimate of drug-likeness (QED) is 0.764. The first-order chi connectivity index (χ1) is 14.3. The van der Waals surface area contributed by atoms with E-state index >= 15 is 0 Å². The molecular weight excluding hydrogens is 403 g/mol. The monoisotopic (exact) mass is 425 g/mol. The third-order valence-corrected chi connectivity index (χ3v) is 4.61. The Labute approximate surface area is 171 Å². The molecule has 3 amide bonds. The standard InChI is InChI=1S/C19H22F3N5O3/c20-19(21,22)14-4-5-16(23-11-14)27-7-2-6-26(8-9-27)13-17(28)25-18(29)24-12-15-3-1-10-30-15/h1,3-5,10-11H,2,6-9,12-13H2,(H2,24,25,28,29). The largest absolute Gasteiger partial charge is 0.467 e. The molecule has 1 fully saturated rings. The molecular formula is C19H22F3N5O3. The SMILES string of the molecule is O=C(CN1CCCN(c2ccc(C(F)(F)F)cn2)CC1)NC(=O)NCc1ccco1. The maximum atomic E-state index is 12.7. The van der Waals surface area contributed by atoms with Crippen molar-refractivity contribution in [2.75, 3.05) is 37.6 Å². The minimum Gasteiger partial charge on any atom is -0.467 e. The number of pyridine rings is 1. The first-order valence-corrected chi connectivity index (χ1v) is 9.42. The van der Waals surface area contributed by atoms with Crippen LogP contribution in [-0.2, 0) is 17.5 Å². The van der Waals surface area contributed by atoms with Gasteiger partial charge < -0.3 is 14.6 Å². The van der Waals surface area contributed by atoms with Gasteiger partial charge in [0, 0.05) is 32.4 Å². The lowest BCUT2D eigenvalue weighted by molar-refractivity contribution is -0.137. The van der Waals surface area contributed by atoms with Gasteiger partial charge in [0.2, 0.25) is 5.91 Å². The number of hydrogen-bond donors (Lipinski definition) is 2. The fraction of sp³-hybridized carbons (Fsp3) is 0.421. The number of carbonyl (C=O) groups excluding carboxylic acids is 2. The van der Waals surface area contributed by atoms with Gasteiger partial charge in [0.15, 0.2) is 0 Å². The van der Waals surface area contributed by atoms with Crippen LogP contribution in [-0.4, -0.2) is 54.5 Å². The minimum absolute atomic E-state index is 0.0441. The van der Waals surface area contributed by atoms with Crippen LogP contribution in [0.3, 0.4) is 0 Å². The van der Waals surface area contributed by atoms with Crippen LogP contribution in [0, 0.1) is 0 Å². The van der Waals surface area contributed by atoms with Crippen LogP contribution in [0.2, 0.25) is 0 Å². The highest BCUT2D eigenvalue weighted by atomic mass is 19.4. The molecule has 0 aliphatic carbocycles. The number of nitrogens with one attached hydrogen (secondary N) is 2. The van der Waals surface area contributed by atoms with E-state index in [-0.39, 0.29) is 13.1 Å². The number of rotatable bonds is 5. The van der Waals surface area contributed by atoms with E-state index in [9.17, 15) is 22.8 Å².